The van der Waals surface area contributed by atoms with Gasteiger partial charge < -0.3 is 16.8 Å². The van der Waals surface area contributed by atoms with E-state index in [2.05, 4.69) is 29.5 Å². The quantitative estimate of drug-likeness (QED) is 0.677. The summed E-state index contributed by atoms with van der Waals surface area (Å²) in [6.07, 6.45) is 4.33. The van der Waals surface area contributed by atoms with Crippen LogP contribution in [0.25, 0.3) is 0 Å². The Kier molecular flexibility index (Phi) is 4.78. The van der Waals surface area contributed by atoms with Gasteiger partial charge in [-0.25, -0.2) is 4.99 Å². The molecule has 1 unspecified atom stereocenters. The molecule has 0 aromatic carbocycles. The molecule has 124 valence electrons. The highest BCUT2D eigenvalue weighted by Gasteiger charge is 2.42. The Morgan fingerprint density at radius 3 is 2.73 bits per heavy atom. The lowest BCUT2D eigenvalue weighted by Crippen LogP contribution is -2.45. The molecule has 1 aliphatic heterocycles. The molecule has 0 saturated carbocycles. The summed E-state index contributed by atoms with van der Waals surface area (Å²) in [5.41, 5.74) is 14.3. The number of hydrogen-bond acceptors (Lipinski definition) is 6. The van der Waals surface area contributed by atoms with Crippen LogP contribution in [0.2, 0.25) is 0 Å². The minimum Gasteiger partial charge on any atom is -0.370 e. The van der Waals surface area contributed by atoms with E-state index in [1.807, 2.05) is 18.4 Å². The normalized spacial score (nSPS) is 25.4. The number of aliphatic imine (C=N–C) groups is 1. The molecular formula is C15H26ClN5S. The highest BCUT2D eigenvalue weighted by Crippen LogP contribution is 2.51. The summed E-state index contributed by atoms with van der Waals surface area (Å²) in [5, 5.41) is 6.67. The van der Waals surface area contributed by atoms with E-state index in [0.29, 0.717) is 12.5 Å². The molecule has 5 nitrogen and oxygen atoms in total. The van der Waals surface area contributed by atoms with Gasteiger partial charge in [-0.2, -0.15) is 0 Å². The van der Waals surface area contributed by atoms with Crippen LogP contribution in [-0.4, -0.2) is 19.6 Å². The van der Waals surface area contributed by atoms with Crippen molar-refractivity contribution in [2.24, 2.45) is 16.5 Å². The van der Waals surface area contributed by atoms with Crippen LogP contribution in [0.3, 0.4) is 0 Å². The molecule has 1 atom stereocenters. The van der Waals surface area contributed by atoms with E-state index in [-0.39, 0.29) is 17.8 Å². The maximum atomic E-state index is 6.05. The third-order valence-corrected chi connectivity index (χ3v) is 6.46. The molecule has 0 spiro atoms. The molecule has 0 amide bonds. The van der Waals surface area contributed by atoms with Gasteiger partial charge in [-0.15, -0.1) is 23.7 Å². The van der Waals surface area contributed by atoms with E-state index in [1.54, 1.807) is 0 Å². The van der Waals surface area contributed by atoms with Crippen molar-refractivity contribution in [1.82, 2.24) is 5.32 Å². The van der Waals surface area contributed by atoms with E-state index >= 15 is 0 Å². The Morgan fingerprint density at radius 1 is 1.36 bits per heavy atom. The molecule has 2 heterocycles. The molecule has 0 fully saturated rings. The molecule has 1 aromatic rings. The van der Waals surface area contributed by atoms with E-state index < -0.39 is 5.66 Å². The molecule has 0 bridgehead atoms. The lowest BCUT2D eigenvalue weighted by molar-refractivity contribution is 0.361. The third-order valence-electron chi connectivity index (χ3n) is 4.71. The minimum atomic E-state index is -0.475. The first-order chi connectivity index (χ1) is 9.93. The molecule has 0 radical (unpaired) electrons. The average Bonchev–Trinajstić information content (AvgIpc) is 2.80. The second-order valence-corrected chi connectivity index (χ2v) is 7.64. The molecule has 0 saturated heterocycles. The Bertz CT molecular complexity index is 595. The highest BCUT2D eigenvalue weighted by molar-refractivity contribution is 7.13. The van der Waals surface area contributed by atoms with Crippen LogP contribution in [0.4, 0.5) is 5.69 Å². The Balaban J connectivity index is 0.00000176. The van der Waals surface area contributed by atoms with Crippen molar-refractivity contribution < 1.29 is 0 Å². The standard InChI is InChI=1S/C15H25N5S.ClH/c1-14(2)6-4-5-9-10-12(21-11(9)14)15(18-3,7-8-16)20-13(17)19-10;/h18H,4-8,16H2,1-3H3,(H3,17,19,20);1H. The van der Waals surface area contributed by atoms with E-state index in [9.17, 15) is 0 Å². The zero-order valence-corrected chi connectivity index (χ0v) is 15.1. The van der Waals surface area contributed by atoms with Crippen molar-refractivity contribution in [3.8, 4) is 0 Å². The van der Waals surface area contributed by atoms with Gasteiger partial charge in [-0.3, -0.25) is 5.32 Å². The van der Waals surface area contributed by atoms with Crippen LogP contribution in [-0.2, 0) is 17.5 Å². The van der Waals surface area contributed by atoms with Crippen molar-refractivity contribution in [3.05, 3.63) is 15.3 Å². The molecule has 2 aliphatic rings. The van der Waals surface area contributed by atoms with Crippen LogP contribution in [0.1, 0.15) is 48.4 Å². The van der Waals surface area contributed by atoms with Crippen LogP contribution < -0.4 is 22.1 Å². The Morgan fingerprint density at radius 2 is 2.09 bits per heavy atom. The van der Waals surface area contributed by atoms with Crippen molar-refractivity contribution in [2.75, 3.05) is 18.9 Å². The number of rotatable bonds is 3. The van der Waals surface area contributed by atoms with E-state index in [0.717, 1.165) is 12.8 Å². The van der Waals surface area contributed by atoms with Crippen molar-refractivity contribution >= 4 is 35.4 Å². The first-order valence-electron chi connectivity index (χ1n) is 7.61. The minimum absolute atomic E-state index is 0. The lowest BCUT2D eigenvalue weighted by atomic mass is 9.77. The van der Waals surface area contributed by atoms with E-state index in [4.69, 9.17) is 11.5 Å². The maximum Gasteiger partial charge on any atom is 0.195 e. The van der Waals surface area contributed by atoms with Gasteiger partial charge in [0.15, 0.2) is 11.6 Å². The first-order valence-corrected chi connectivity index (χ1v) is 8.43. The second kappa shape index (κ2) is 6.00. The van der Waals surface area contributed by atoms with Crippen LogP contribution >= 0.6 is 23.7 Å². The van der Waals surface area contributed by atoms with Crippen molar-refractivity contribution in [3.63, 3.8) is 0 Å². The summed E-state index contributed by atoms with van der Waals surface area (Å²) in [6, 6.07) is 0. The summed E-state index contributed by atoms with van der Waals surface area (Å²) in [7, 11) is 1.94. The number of thiophene rings is 1. The van der Waals surface area contributed by atoms with Gasteiger partial charge in [-0.05, 0) is 43.8 Å². The maximum absolute atomic E-state index is 6.05. The van der Waals surface area contributed by atoms with Gasteiger partial charge >= 0.3 is 0 Å². The monoisotopic (exact) mass is 343 g/mol. The third kappa shape index (κ3) is 2.52. The summed E-state index contributed by atoms with van der Waals surface area (Å²) in [6.45, 7) is 5.24. The summed E-state index contributed by atoms with van der Waals surface area (Å²) in [5.74, 6) is 0.481. The van der Waals surface area contributed by atoms with Crippen LogP contribution in [0.5, 0.6) is 0 Å². The fourth-order valence-corrected chi connectivity index (χ4v) is 5.18. The van der Waals surface area contributed by atoms with Gasteiger partial charge in [0.2, 0.25) is 0 Å². The fraction of sp³-hybridized carbons (Fsp3) is 0.667. The van der Waals surface area contributed by atoms with Gasteiger partial charge in [0.25, 0.3) is 0 Å². The summed E-state index contributed by atoms with van der Waals surface area (Å²) < 4.78 is 0. The molecular weight excluding hydrogens is 318 g/mol. The number of nitrogens with one attached hydrogen (secondary N) is 2. The van der Waals surface area contributed by atoms with Crippen molar-refractivity contribution in [1.29, 1.82) is 0 Å². The van der Waals surface area contributed by atoms with Gasteiger partial charge in [0, 0.05) is 11.3 Å². The topological polar surface area (TPSA) is 88.5 Å². The molecule has 7 heteroatoms. The molecule has 1 aliphatic carbocycles. The van der Waals surface area contributed by atoms with Crippen LogP contribution in [0, 0.1) is 0 Å². The van der Waals surface area contributed by atoms with Gasteiger partial charge in [0.1, 0.15) is 0 Å². The van der Waals surface area contributed by atoms with Crippen molar-refractivity contribution in [2.45, 2.75) is 50.6 Å². The SMILES string of the molecule is CNC1(CCN)N=C(N)Nc2c1sc1c2CCCC1(C)C.Cl. The average molecular weight is 344 g/mol. The predicted octanol–water partition coefficient (Wildman–Crippen LogP) is 2.25. The summed E-state index contributed by atoms with van der Waals surface area (Å²) in [4.78, 5) is 7.38. The Labute approximate surface area is 142 Å². The number of hydrogen-bond donors (Lipinski definition) is 4. The largest absolute Gasteiger partial charge is 0.370 e. The lowest BCUT2D eigenvalue weighted by Gasteiger charge is -2.33. The second-order valence-electron chi connectivity index (χ2n) is 6.62. The predicted molar refractivity (Wildman–Crippen MR) is 97.2 cm³/mol. The molecule has 6 N–H and O–H groups in total. The fourth-order valence-electron chi connectivity index (χ4n) is 3.58. The molecule has 3 rings (SSSR count). The highest BCUT2D eigenvalue weighted by atomic mass is 35.5. The summed E-state index contributed by atoms with van der Waals surface area (Å²) >= 11 is 1.88. The number of fused-ring (bicyclic) bond motifs is 3. The van der Waals surface area contributed by atoms with Crippen LogP contribution in [0.15, 0.2) is 4.99 Å². The number of nitrogens with zero attached hydrogens (tertiary/aromatic N) is 1. The zero-order chi connectivity index (χ0) is 15.3. The van der Waals surface area contributed by atoms with E-state index in [1.165, 1.54) is 33.8 Å². The van der Waals surface area contributed by atoms with Gasteiger partial charge in [0.05, 0.1) is 10.6 Å². The number of guanidine groups is 1. The smallest absolute Gasteiger partial charge is 0.195 e. The molecule has 22 heavy (non-hydrogen) atoms. The molecule has 1 aromatic heterocycles. The number of halogens is 1. The Hall–Kier alpha value is -0.820. The number of anilines is 1. The zero-order valence-electron chi connectivity index (χ0n) is 13.5. The van der Waals surface area contributed by atoms with Gasteiger partial charge in [-0.1, -0.05) is 13.8 Å². The first kappa shape index (κ1) is 17.5. The number of nitrogens with two attached hydrogens (primary N) is 2.